The van der Waals surface area contributed by atoms with Crippen molar-refractivity contribution in [2.75, 3.05) is 6.61 Å². The number of nitrogens with zero attached hydrogens (tertiary/aromatic N) is 1. The smallest absolute Gasteiger partial charge is 0.0808 e. The van der Waals surface area contributed by atoms with Crippen LogP contribution in [0.5, 0.6) is 0 Å². The first-order chi connectivity index (χ1) is 5.58. The number of aliphatic hydroxyl groups excluding tert-OH is 1. The summed E-state index contributed by atoms with van der Waals surface area (Å²) < 4.78 is 0. The summed E-state index contributed by atoms with van der Waals surface area (Å²) in [7, 11) is 0. The van der Waals surface area contributed by atoms with Crippen LogP contribution in [0.1, 0.15) is 12.6 Å². The Morgan fingerprint density at radius 3 is 2.92 bits per heavy atom. The number of pyridine rings is 1. The van der Waals surface area contributed by atoms with E-state index >= 15 is 0 Å². The highest BCUT2D eigenvalue weighted by Gasteiger charge is 2.23. The summed E-state index contributed by atoms with van der Waals surface area (Å²) in [5, 5.41) is 9.43. The topological polar surface area (TPSA) is 59.1 Å². The first-order valence-electron chi connectivity index (χ1n) is 3.58. The van der Waals surface area contributed by atoms with Gasteiger partial charge < -0.3 is 10.8 Å². The Labute approximate surface area is 76.2 Å². The van der Waals surface area contributed by atoms with Crippen molar-refractivity contribution in [3.8, 4) is 0 Å². The number of aromatic nitrogens is 1. The van der Waals surface area contributed by atoms with Gasteiger partial charge in [0.15, 0.2) is 0 Å². The van der Waals surface area contributed by atoms with Gasteiger partial charge in [-0.15, -0.1) is 0 Å². The minimum atomic E-state index is -0.863. The molecule has 0 aromatic carbocycles. The first kappa shape index (κ1) is 9.45. The molecule has 0 saturated heterocycles. The summed E-state index contributed by atoms with van der Waals surface area (Å²) in [5.74, 6) is 0. The van der Waals surface area contributed by atoms with E-state index in [0.717, 1.165) is 0 Å². The second kappa shape index (κ2) is 3.39. The van der Waals surface area contributed by atoms with Gasteiger partial charge in [0.25, 0.3) is 0 Å². The van der Waals surface area contributed by atoms with Crippen LogP contribution < -0.4 is 5.73 Å². The number of nitrogens with two attached hydrogens (primary N) is 1. The standard InChI is InChI=1S/C8H11ClN2O/c1-8(10,5-12)7-6(9)3-2-4-11-7/h2-4,12H,5,10H2,1H3/t8-/m1/s1. The van der Waals surface area contributed by atoms with Gasteiger partial charge in [-0.3, -0.25) is 4.98 Å². The molecule has 12 heavy (non-hydrogen) atoms. The van der Waals surface area contributed by atoms with Gasteiger partial charge in [-0.2, -0.15) is 0 Å². The molecule has 0 spiro atoms. The number of halogens is 1. The van der Waals surface area contributed by atoms with E-state index in [1.165, 1.54) is 0 Å². The zero-order chi connectivity index (χ0) is 9.19. The van der Waals surface area contributed by atoms with Gasteiger partial charge in [0.2, 0.25) is 0 Å². The van der Waals surface area contributed by atoms with Crippen LogP contribution in [0.4, 0.5) is 0 Å². The summed E-state index contributed by atoms with van der Waals surface area (Å²) in [6.07, 6.45) is 1.60. The fourth-order valence-corrected chi connectivity index (χ4v) is 1.22. The lowest BCUT2D eigenvalue weighted by Crippen LogP contribution is -2.38. The Morgan fingerprint density at radius 1 is 1.75 bits per heavy atom. The molecule has 1 atom stereocenters. The van der Waals surface area contributed by atoms with Crippen molar-refractivity contribution < 1.29 is 5.11 Å². The molecule has 1 heterocycles. The Balaban J connectivity index is 3.10. The van der Waals surface area contributed by atoms with Crippen LogP contribution in [-0.4, -0.2) is 16.7 Å². The molecular weight excluding hydrogens is 176 g/mol. The highest BCUT2D eigenvalue weighted by atomic mass is 35.5. The third-order valence-electron chi connectivity index (χ3n) is 1.63. The maximum Gasteiger partial charge on any atom is 0.0808 e. The predicted octanol–water partition coefficient (Wildman–Crippen LogP) is 0.901. The molecule has 0 radical (unpaired) electrons. The van der Waals surface area contributed by atoms with E-state index in [4.69, 9.17) is 22.4 Å². The highest BCUT2D eigenvalue weighted by molar-refractivity contribution is 6.31. The van der Waals surface area contributed by atoms with E-state index in [1.54, 1.807) is 25.3 Å². The highest BCUT2D eigenvalue weighted by Crippen LogP contribution is 2.22. The molecule has 1 rings (SSSR count). The zero-order valence-corrected chi connectivity index (χ0v) is 7.54. The minimum Gasteiger partial charge on any atom is -0.394 e. The lowest BCUT2D eigenvalue weighted by atomic mass is 10.00. The summed E-state index contributed by atoms with van der Waals surface area (Å²) in [4.78, 5) is 4.00. The van der Waals surface area contributed by atoms with Gasteiger partial charge in [0.05, 0.1) is 22.9 Å². The molecule has 0 bridgehead atoms. The van der Waals surface area contributed by atoms with Crippen molar-refractivity contribution in [3.63, 3.8) is 0 Å². The van der Waals surface area contributed by atoms with Crippen LogP contribution in [0, 0.1) is 0 Å². The van der Waals surface area contributed by atoms with Crippen LogP contribution in [0.2, 0.25) is 5.02 Å². The molecule has 0 amide bonds. The molecule has 0 aliphatic heterocycles. The molecule has 0 saturated carbocycles. The van der Waals surface area contributed by atoms with Crippen LogP contribution in [0.15, 0.2) is 18.3 Å². The van der Waals surface area contributed by atoms with Crippen molar-refractivity contribution in [1.82, 2.24) is 4.98 Å². The van der Waals surface area contributed by atoms with Gasteiger partial charge in [-0.05, 0) is 19.1 Å². The second-order valence-electron chi connectivity index (χ2n) is 2.91. The number of hydrogen-bond donors (Lipinski definition) is 2. The predicted molar refractivity (Wildman–Crippen MR) is 47.9 cm³/mol. The Bertz CT molecular complexity index is 276. The second-order valence-corrected chi connectivity index (χ2v) is 3.32. The van der Waals surface area contributed by atoms with E-state index in [1.807, 2.05) is 0 Å². The Morgan fingerprint density at radius 2 is 2.42 bits per heavy atom. The largest absolute Gasteiger partial charge is 0.394 e. The number of rotatable bonds is 2. The van der Waals surface area contributed by atoms with Gasteiger partial charge in [0.1, 0.15) is 0 Å². The average molecular weight is 187 g/mol. The molecule has 0 unspecified atom stereocenters. The van der Waals surface area contributed by atoms with Crippen molar-refractivity contribution >= 4 is 11.6 Å². The van der Waals surface area contributed by atoms with Crippen molar-refractivity contribution in [2.45, 2.75) is 12.5 Å². The third-order valence-corrected chi connectivity index (χ3v) is 1.93. The summed E-state index contributed by atoms with van der Waals surface area (Å²) in [6, 6.07) is 3.42. The fourth-order valence-electron chi connectivity index (χ4n) is 0.881. The minimum absolute atomic E-state index is 0.177. The SMILES string of the molecule is C[C@@](N)(CO)c1ncccc1Cl. The van der Waals surface area contributed by atoms with Gasteiger partial charge in [0, 0.05) is 6.20 Å². The van der Waals surface area contributed by atoms with Gasteiger partial charge in [-0.1, -0.05) is 11.6 Å². The molecule has 1 aromatic rings. The Hall–Kier alpha value is -0.640. The molecule has 3 nitrogen and oxygen atoms in total. The van der Waals surface area contributed by atoms with E-state index < -0.39 is 5.54 Å². The van der Waals surface area contributed by atoms with Crippen LogP contribution in [0.3, 0.4) is 0 Å². The maximum absolute atomic E-state index is 8.95. The van der Waals surface area contributed by atoms with Crippen LogP contribution >= 0.6 is 11.6 Å². The summed E-state index contributed by atoms with van der Waals surface area (Å²) in [6.45, 7) is 1.50. The Kier molecular flexibility index (Phi) is 2.67. The normalized spacial score (nSPS) is 15.7. The van der Waals surface area contributed by atoms with E-state index in [-0.39, 0.29) is 6.61 Å². The lowest BCUT2D eigenvalue weighted by Gasteiger charge is -2.21. The van der Waals surface area contributed by atoms with Crippen LogP contribution in [-0.2, 0) is 5.54 Å². The van der Waals surface area contributed by atoms with E-state index in [0.29, 0.717) is 10.7 Å². The van der Waals surface area contributed by atoms with Gasteiger partial charge >= 0.3 is 0 Å². The van der Waals surface area contributed by atoms with Gasteiger partial charge in [-0.25, -0.2) is 0 Å². The monoisotopic (exact) mass is 186 g/mol. The molecule has 0 aliphatic rings. The van der Waals surface area contributed by atoms with Crippen molar-refractivity contribution in [3.05, 3.63) is 29.0 Å². The van der Waals surface area contributed by atoms with Crippen LogP contribution in [0.25, 0.3) is 0 Å². The molecule has 1 aromatic heterocycles. The average Bonchev–Trinajstić information content (AvgIpc) is 2.05. The summed E-state index contributed by atoms with van der Waals surface area (Å²) >= 11 is 5.83. The zero-order valence-electron chi connectivity index (χ0n) is 6.79. The molecule has 4 heteroatoms. The summed E-state index contributed by atoms with van der Waals surface area (Å²) in [5.41, 5.74) is 5.40. The molecule has 66 valence electrons. The van der Waals surface area contributed by atoms with Crippen molar-refractivity contribution in [1.29, 1.82) is 0 Å². The molecule has 0 aliphatic carbocycles. The molecule has 0 fully saturated rings. The lowest BCUT2D eigenvalue weighted by molar-refractivity contribution is 0.207. The quantitative estimate of drug-likeness (QED) is 0.722. The maximum atomic E-state index is 8.95. The first-order valence-corrected chi connectivity index (χ1v) is 3.96. The number of hydrogen-bond acceptors (Lipinski definition) is 3. The molecular formula is C8H11ClN2O. The molecule has 3 N–H and O–H groups in total. The van der Waals surface area contributed by atoms with E-state index in [2.05, 4.69) is 4.98 Å². The van der Waals surface area contributed by atoms with Crippen molar-refractivity contribution in [2.24, 2.45) is 5.73 Å². The third kappa shape index (κ3) is 1.75. The number of aliphatic hydroxyl groups is 1. The fraction of sp³-hybridized carbons (Fsp3) is 0.375. The van der Waals surface area contributed by atoms with E-state index in [9.17, 15) is 0 Å².